The van der Waals surface area contributed by atoms with Crippen LogP contribution in [0.4, 0.5) is 0 Å². The highest BCUT2D eigenvalue weighted by Crippen LogP contribution is 2.07. The molecule has 0 spiro atoms. The Morgan fingerprint density at radius 3 is 2.64 bits per heavy atom. The molecule has 0 amide bonds. The first-order valence-electron chi connectivity index (χ1n) is 4.93. The third-order valence-corrected chi connectivity index (χ3v) is 4.06. The number of hydrogen-bond donors (Lipinski definition) is 2. The molecule has 1 rings (SSSR count). The molecule has 2 N–H and O–H groups in total. The summed E-state index contributed by atoms with van der Waals surface area (Å²) in [6.45, 7) is 7.55. The molecular formula is C8H19N3O2S. The first-order chi connectivity index (χ1) is 6.43. The minimum absolute atomic E-state index is 0.0278. The van der Waals surface area contributed by atoms with Crippen LogP contribution in [0.25, 0.3) is 0 Å². The second-order valence-corrected chi connectivity index (χ2v) is 5.60. The average molecular weight is 221 g/mol. The van der Waals surface area contributed by atoms with E-state index in [1.807, 2.05) is 20.8 Å². The molecule has 1 fully saturated rings. The van der Waals surface area contributed by atoms with Crippen LogP contribution in [-0.2, 0) is 10.2 Å². The van der Waals surface area contributed by atoms with E-state index >= 15 is 0 Å². The third-order valence-electron chi connectivity index (χ3n) is 2.13. The monoisotopic (exact) mass is 221 g/mol. The molecule has 5 nitrogen and oxygen atoms in total. The lowest BCUT2D eigenvalue weighted by Gasteiger charge is -2.33. The number of rotatable bonds is 3. The number of piperazine rings is 1. The summed E-state index contributed by atoms with van der Waals surface area (Å²) in [5.41, 5.74) is 0. The second kappa shape index (κ2) is 4.57. The van der Waals surface area contributed by atoms with Crippen LogP contribution in [0.5, 0.6) is 0 Å². The van der Waals surface area contributed by atoms with Gasteiger partial charge in [-0.25, -0.2) is 0 Å². The van der Waals surface area contributed by atoms with Crippen molar-refractivity contribution in [2.75, 3.05) is 19.6 Å². The summed E-state index contributed by atoms with van der Waals surface area (Å²) >= 11 is 0. The average Bonchev–Trinajstić information content (AvgIpc) is 2.02. The molecule has 6 heteroatoms. The first-order valence-corrected chi connectivity index (χ1v) is 6.37. The largest absolute Gasteiger partial charge is 0.314 e. The second-order valence-electron chi connectivity index (χ2n) is 3.94. The van der Waals surface area contributed by atoms with E-state index in [2.05, 4.69) is 10.0 Å². The van der Waals surface area contributed by atoms with Crippen LogP contribution in [0.2, 0.25) is 0 Å². The van der Waals surface area contributed by atoms with Crippen molar-refractivity contribution >= 4 is 10.2 Å². The lowest BCUT2D eigenvalue weighted by Crippen LogP contribution is -2.56. The normalized spacial score (nSPS) is 25.6. The molecule has 0 aromatic heterocycles. The maximum atomic E-state index is 11.8. The fourth-order valence-corrected chi connectivity index (χ4v) is 3.16. The lowest BCUT2D eigenvalue weighted by molar-refractivity contribution is 0.279. The maximum Gasteiger partial charge on any atom is 0.280 e. The summed E-state index contributed by atoms with van der Waals surface area (Å²) in [5.74, 6) is 0. The molecule has 0 bridgehead atoms. The van der Waals surface area contributed by atoms with Gasteiger partial charge in [0.15, 0.2) is 0 Å². The van der Waals surface area contributed by atoms with Crippen molar-refractivity contribution < 1.29 is 8.42 Å². The Morgan fingerprint density at radius 1 is 1.50 bits per heavy atom. The highest BCUT2D eigenvalue weighted by atomic mass is 32.2. The predicted octanol–water partition coefficient (Wildman–Crippen LogP) is -0.477. The zero-order valence-corrected chi connectivity index (χ0v) is 9.76. The van der Waals surface area contributed by atoms with Crippen molar-refractivity contribution in [3.8, 4) is 0 Å². The summed E-state index contributed by atoms with van der Waals surface area (Å²) in [4.78, 5) is 0. The Balaban J connectivity index is 2.70. The summed E-state index contributed by atoms with van der Waals surface area (Å²) < 4.78 is 27.7. The van der Waals surface area contributed by atoms with Crippen molar-refractivity contribution in [2.45, 2.75) is 32.9 Å². The van der Waals surface area contributed by atoms with Gasteiger partial charge in [0.25, 0.3) is 10.2 Å². The molecule has 1 saturated heterocycles. The van der Waals surface area contributed by atoms with Crippen LogP contribution in [0.15, 0.2) is 0 Å². The van der Waals surface area contributed by atoms with Gasteiger partial charge in [0.05, 0.1) is 0 Å². The number of nitrogens with one attached hydrogen (secondary N) is 2. The molecule has 84 valence electrons. The van der Waals surface area contributed by atoms with Crippen molar-refractivity contribution in [3.63, 3.8) is 0 Å². The fraction of sp³-hybridized carbons (Fsp3) is 1.00. The Hall–Kier alpha value is -0.170. The topological polar surface area (TPSA) is 61.4 Å². The van der Waals surface area contributed by atoms with Gasteiger partial charge in [0, 0.05) is 31.7 Å². The number of hydrogen-bond acceptors (Lipinski definition) is 3. The molecular weight excluding hydrogens is 202 g/mol. The van der Waals surface area contributed by atoms with Gasteiger partial charge in [-0.3, -0.25) is 0 Å². The van der Waals surface area contributed by atoms with E-state index < -0.39 is 10.2 Å². The molecule has 14 heavy (non-hydrogen) atoms. The van der Waals surface area contributed by atoms with Gasteiger partial charge in [0.2, 0.25) is 0 Å². The van der Waals surface area contributed by atoms with E-state index in [1.54, 1.807) is 0 Å². The van der Waals surface area contributed by atoms with E-state index in [9.17, 15) is 8.42 Å². The van der Waals surface area contributed by atoms with Crippen LogP contribution in [0.3, 0.4) is 0 Å². The van der Waals surface area contributed by atoms with Gasteiger partial charge in [-0.15, -0.1) is 0 Å². The Kier molecular flexibility index (Phi) is 3.88. The molecule has 0 unspecified atom stereocenters. The van der Waals surface area contributed by atoms with Crippen LogP contribution in [0.1, 0.15) is 20.8 Å². The van der Waals surface area contributed by atoms with Gasteiger partial charge >= 0.3 is 0 Å². The van der Waals surface area contributed by atoms with Crippen molar-refractivity contribution in [1.29, 1.82) is 0 Å². The fourth-order valence-electron chi connectivity index (χ4n) is 1.55. The van der Waals surface area contributed by atoms with E-state index in [0.29, 0.717) is 6.54 Å². The maximum absolute atomic E-state index is 11.8. The Labute approximate surface area is 86.0 Å². The molecule has 0 radical (unpaired) electrons. The summed E-state index contributed by atoms with van der Waals surface area (Å²) in [5, 5.41) is 3.16. The van der Waals surface area contributed by atoms with Gasteiger partial charge in [0.1, 0.15) is 0 Å². The van der Waals surface area contributed by atoms with Gasteiger partial charge < -0.3 is 5.32 Å². The highest BCUT2D eigenvalue weighted by Gasteiger charge is 2.29. The minimum atomic E-state index is -3.29. The van der Waals surface area contributed by atoms with Gasteiger partial charge in [-0.2, -0.15) is 17.4 Å². The van der Waals surface area contributed by atoms with E-state index in [-0.39, 0.29) is 12.1 Å². The lowest BCUT2D eigenvalue weighted by atomic mass is 10.3. The predicted molar refractivity (Wildman–Crippen MR) is 56.2 cm³/mol. The third kappa shape index (κ3) is 2.91. The zero-order valence-electron chi connectivity index (χ0n) is 8.95. The van der Waals surface area contributed by atoms with E-state index in [0.717, 1.165) is 13.1 Å². The molecule has 0 aromatic carbocycles. The Bertz CT molecular complexity index is 276. The number of nitrogens with zero attached hydrogens (tertiary/aromatic N) is 1. The Morgan fingerprint density at radius 2 is 2.14 bits per heavy atom. The molecule has 1 atom stereocenters. The molecule has 0 aliphatic carbocycles. The molecule has 0 aromatic rings. The smallest absolute Gasteiger partial charge is 0.280 e. The minimum Gasteiger partial charge on any atom is -0.314 e. The van der Waals surface area contributed by atoms with Gasteiger partial charge in [-0.05, 0) is 20.8 Å². The standard InChI is InChI=1S/C8H19N3O2S/c1-7(2)10-14(12,13)11-5-4-9-6-8(11)3/h7-10H,4-6H2,1-3H3/t8-/m1/s1. The van der Waals surface area contributed by atoms with Crippen LogP contribution >= 0.6 is 0 Å². The van der Waals surface area contributed by atoms with Gasteiger partial charge in [-0.1, -0.05) is 0 Å². The molecule has 1 heterocycles. The summed E-state index contributed by atoms with van der Waals surface area (Å²) in [6, 6.07) is -0.0258. The van der Waals surface area contributed by atoms with Crippen molar-refractivity contribution in [2.24, 2.45) is 0 Å². The molecule has 1 aliphatic heterocycles. The van der Waals surface area contributed by atoms with Crippen LogP contribution < -0.4 is 10.0 Å². The zero-order chi connectivity index (χ0) is 10.8. The van der Waals surface area contributed by atoms with E-state index in [4.69, 9.17) is 0 Å². The van der Waals surface area contributed by atoms with Crippen molar-refractivity contribution in [1.82, 2.24) is 14.3 Å². The van der Waals surface area contributed by atoms with E-state index in [1.165, 1.54) is 4.31 Å². The molecule has 1 aliphatic rings. The van der Waals surface area contributed by atoms with Crippen LogP contribution in [-0.4, -0.2) is 44.4 Å². The summed E-state index contributed by atoms with van der Waals surface area (Å²) in [6.07, 6.45) is 0. The van der Waals surface area contributed by atoms with Crippen LogP contribution in [0, 0.1) is 0 Å². The quantitative estimate of drug-likeness (QED) is 0.677. The highest BCUT2D eigenvalue weighted by molar-refractivity contribution is 7.87. The summed E-state index contributed by atoms with van der Waals surface area (Å²) in [7, 11) is -3.29. The molecule has 0 saturated carbocycles. The SMILES string of the molecule is CC(C)NS(=O)(=O)N1CCNC[C@H]1C. The first kappa shape index (κ1) is 11.9. The van der Waals surface area contributed by atoms with Crippen molar-refractivity contribution in [3.05, 3.63) is 0 Å².